The molecule has 0 unspecified atom stereocenters. The monoisotopic (exact) mass is 510 g/mol. The number of nitrogens with one attached hydrogen (secondary N) is 1. The number of hydrogen-bond donors (Lipinski definition) is 2. The second-order valence-corrected chi connectivity index (χ2v) is 9.18. The molecule has 5 nitrogen and oxygen atoms in total. The third-order valence-electron chi connectivity index (χ3n) is 5.78. The van der Waals surface area contributed by atoms with Gasteiger partial charge in [-0.25, -0.2) is 9.97 Å². The molecule has 0 atom stereocenters. The van der Waals surface area contributed by atoms with Gasteiger partial charge in [-0.1, -0.05) is 70.5 Å². The van der Waals surface area contributed by atoms with Crippen LogP contribution in [0.3, 0.4) is 0 Å². The van der Waals surface area contributed by atoms with Crippen LogP contribution in [-0.2, 0) is 24.1 Å². The lowest BCUT2D eigenvalue weighted by molar-refractivity contribution is -0.115. The Kier molecular flexibility index (Phi) is 6.23. The summed E-state index contributed by atoms with van der Waals surface area (Å²) < 4.78 is 0.979. The topological polar surface area (TPSA) is 80.9 Å². The normalized spacial score (nSPS) is 12.3. The minimum Gasteiger partial charge on any atom is -0.399 e. The van der Waals surface area contributed by atoms with Gasteiger partial charge in [-0.2, -0.15) is 0 Å². The van der Waals surface area contributed by atoms with Crippen molar-refractivity contribution in [2.75, 3.05) is 11.1 Å². The minimum atomic E-state index is -0.130. The number of amides is 1. The zero-order valence-electron chi connectivity index (χ0n) is 18.5. The summed E-state index contributed by atoms with van der Waals surface area (Å²) in [5.41, 5.74) is 13.3. The Morgan fingerprint density at radius 1 is 0.971 bits per heavy atom. The van der Waals surface area contributed by atoms with Gasteiger partial charge >= 0.3 is 0 Å². The molecule has 34 heavy (non-hydrogen) atoms. The number of nitrogens with two attached hydrogens (primary N) is 1. The van der Waals surface area contributed by atoms with Gasteiger partial charge in [0.1, 0.15) is 5.69 Å². The molecule has 1 amide bonds. The Hall–Kier alpha value is -3.77. The summed E-state index contributed by atoms with van der Waals surface area (Å²) in [7, 11) is 0. The molecular weight excluding hydrogens is 488 g/mol. The van der Waals surface area contributed by atoms with Crippen LogP contribution in [0.5, 0.6) is 0 Å². The molecule has 4 aromatic rings. The zero-order valence-corrected chi connectivity index (χ0v) is 20.0. The van der Waals surface area contributed by atoms with Crippen molar-refractivity contribution in [2.45, 2.75) is 19.3 Å². The third-order valence-corrected chi connectivity index (χ3v) is 6.31. The fourth-order valence-corrected chi connectivity index (χ4v) is 4.35. The van der Waals surface area contributed by atoms with Crippen molar-refractivity contribution >= 4 is 45.5 Å². The van der Waals surface area contributed by atoms with Crippen molar-refractivity contribution in [1.82, 2.24) is 9.97 Å². The number of rotatable bonds is 5. The molecule has 0 saturated heterocycles. The highest BCUT2D eigenvalue weighted by Crippen LogP contribution is 2.34. The van der Waals surface area contributed by atoms with E-state index in [1.165, 1.54) is 5.56 Å². The molecule has 0 spiro atoms. The van der Waals surface area contributed by atoms with Gasteiger partial charge in [0.05, 0.1) is 17.8 Å². The Morgan fingerprint density at radius 3 is 2.56 bits per heavy atom. The average Bonchev–Trinajstić information content (AvgIpc) is 2.84. The second-order valence-electron chi connectivity index (χ2n) is 8.26. The Labute approximate surface area is 206 Å². The maximum atomic E-state index is 12.9. The average molecular weight is 511 g/mol. The molecule has 6 heteroatoms. The number of aromatic nitrogens is 2. The molecule has 1 aliphatic rings. The van der Waals surface area contributed by atoms with E-state index in [0.717, 1.165) is 51.1 Å². The van der Waals surface area contributed by atoms with Gasteiger partial charge in [-0.15, -0.1) is 0 Å². The first kappa shape index (κ1) is 22.0. The van der Waals surface area contributed by atoms with E-state index < -0.39 is 0 Å². The standard InChI is InChI=1S/C28H23BrN4O/c29-21-10-6-19(7-11-21)16-26(34)33-28-25(14-8-18-4-2-1-3-5-18)31-27-23-13-12-22(30)17-20(23)9-15-24(27)32-28/h1-8,10-14,17H,9,15-16,30H2,(H,32,33,34)/b14-8+. The van der Waals surface area contributed by atoms with E-state index in [4.69, 9.17) is 15.7 Å². The first-order chi connectivity index (χ1) is 16.5. The highest BCUT2D eigenvalue weighted by atomic mass is 79.9. The third kappa shape index (κ3) is 4.92. The summed E-state index contributed by atoms with van der Waals surface area (Å²) in [5, 5.41) is 3.00. The van der Waals surface area contributed by atoms with E-state index in [-0.39, 0.29) is 12.3 Å². The SMILES string of the molecule is Nc1ccc2c(c1)CCc1nc(NC(=O)Cc3ccc(Br)cc3)c(/C=C/c3ccccc3)nc1-2. The van der Waals surface area contributed by atoms with Crippen LogP contribution in [0.25, 0.3) is 23.4 Å². The lowest BCUT2D eigenvalue weighted by atomic mass is 9.91. The molecule has 1 aliphatic carbocycles. The maximum absolute atomic E-state index is 12.9. The smallest absolute Gasteiger partial charge is 0.230 e. The highest BCUT2D eigenvalue weighted by Gasteiger charge is 2.22. The predicted octanol–water partition coefficient (Wildman–Crippen LogP) is 5.94. The van der Waals surface area contributed by atoms with Gasteiger partial charge in [-0.3, -0.25) is 4.79 Å². The predicted molar refractivity (Wildman–Crippen MR) is 141 cm³/mol. The number of carbonyl (C=O) groups excluding carboxylic acids is 1. The van der Waals surface area contributed by atoms with Crippen LogP contribution in [0, 0.1) is 0 Å². The van der Waals surface area contributed by atoms with Crippen LogP contribution in [0.15, 0.2) is 77.3 Å². The zero-order chi connectivity index (χ0) is 23.5. The van der Waals surface area contributed by atoms with Crippen LogP contribution >= 0.6 is 15.9 Å². The minimum absolute atomic E-state index is 0.130. The fraction of sp³-hybridized carbons (Fsp3) is 0.107. The van der Waals surface area contributed by atoms with Crippen molar-refractivity contribution in [3.8, 4) is 11.3 Å². The number of carbonyl (C=O) groups is 1. The molecule has 0 aliphatic heterocycles. The van der Waals surface area contributed by atoms with Gasteiger partial charge in [0.2, 0.25) is 5.91 Å². The number of anilines is 2. The molecule has 5 rings (SSSR count). The van der Waals surface area contributed by atoms with E-state index in [0.29, 0.717) is 11.5 Å². The van der Waals surface area contributed by atoms with Crippen LogP contribution in [-0.4, -0.2) is 15.9 Å². The van der Waals surface area contributed by atoms with Gasteiger partial charge in [-0.05, 0) is 59.9 Å². The first-order valence-corrected chi connectivity index (χ1v) is 11.9. The number of halogens is 1. The molecule has 0 bridgehead atoms. The number of fused-ring (bicyclic) bond motifs is 3. The molecule has 3 N–H and O–H groups in total. The number of hydrogen-bond acceptors (Lipinski definition) is 4. The molecule has 0 radical (unpaired) electrons. The summed E-state index contributed by atoms with van der Waals surface area (Å²) in [6.45, 7) is 0. The van der Waals surface area contributed by atoms with Crippen molar-refractivity contribution in [2.24, 2.45) is 0 Å². The number of aryl methyl sites for hydroxylation is 2. The largest absolute Gasteiger partial charge is 0.399 e. The van der Waals surface area contributed by atoms with Gasteiger partial charge < -0.3 is 11.1 Å². The first-order valence-electron chi connectivity index (χ1n) is 11.1. The molecule has 1 heterocycles. The summed E-state index contributed by atoms with van der Waals surface area (Å²) in [6, 6.07) is 23.6. The van der Waals surface area contributed by atoms with E-state index in [2.05, 4.69) is 21.2 Å². The van der Waals surface area contributed by atoms with E-state index >= 15 is 0 Å². The lowest BCUT2D eigenvalue weighted by Gasteiger charge is -2.20. The van der Waals surface area contributed by atoms with E-state index in [1.54, 1.807) is 0 Å². The quantitative estimate of drug-likeness (QED) is 0.325. The molecule has 168 valence electrons. The van der Waals surface area contributed by atoms with Gasteiger partial charge in [0.15, 0.2) is 5.82 Å². The second kappa shape index (κ2) is 9.61. The van der Waals surface area contributed by atoms with Gasteiger partial charge in [0, 0.05) is 15.7 Å². The molecule has 3 aromatic carbocycles. The van der Waals surface area contributed by atoms with Crippen LogP contribution in [0.4, 0.5) is 11.5 Å². The van der Waals surface area contributed by atoms with Crippen molar-refractivity contribution < 1.29 is 4.79 Å². The van der Waals surface area contributed by atoms with E-state index in [9.17, 15) is 4.79 Å². The molecular formula is C28H23BrN4O. The summed E-state index contributed by atoms with van der Waals surface area (Å²) in [4.78, 5) is 22.7. The molecule has 0 fully saturated rings. The van der Waals surface area contributed by atoms with Crippen molar-refractivity contribution in [3.63, 3.8) is 0 Å². The van der Waals surface area contributed by atoms with Crippen molar-refractivity contribution in [3.05, 3.63) is 105 Å². The van der Waals surface area contributed by atoms with Crippen LogP contribution < -0.4 is 11.1 Å². The van der Waals surface area contributed by atoms with Gasteiger partial charge in [0.25, 0.3) is 0 Å². The fourth-order valence-electron chi connectivity index (χ4n) is 4.09. The summed E-state index contributed by atoms with van der Waals surface area (Å²) in [6.07, 6.45) is 5.73. The molecule has 0 saturated carbocycles. The highest BCUT2D eigenvalue weighted by molar-refractivity contribution is 9.10. The van der Waals surface area contributed by atoms with Crippen molar-refractivity contribution in [1.29, 1.82) is 0 Å². The number of benzene rings is 3. The van der Waals surface area contributed by atoms with Crippen LogP contribution in [0.1, 0.15) is 28.1 Å². The summed E-state index contributed by atoms with van der Waals surface area (Å²) in [5.74, 6) is 0.349. The van der Waals surface area contributed by atoms with E-state index in [1.807, 2.05) is 84.9 Å². The number of nitrogen functional groups attached to an aromatic ring is 1. The Morgan fingerprint density at radius 2 is 1.76 bits per heavy atom. The Bertz CT molecular complexity index is 1380. The molecule has 1 aromatic heterocycles. The summed E-state index contributed by atoms with van der Waals surface area (Å²) >= 11 is 3.43. The lowest BCUT2D eigenvalue weighted by Crippen LogP contribution is -2.19. The Balaban J connectivity index is 1.50. The maximum Gasteiger partial charge on any atom is 0.230 e. The van der Waals surface area contributed by atoms with Crippen LogP contribution in [0.2, 0.25) is 0 Å². The number of nitrogens with zero attached hydrogens (tertiary/aromatic N) is 2.